The SMILES string of the molecule is C[N+]1(C)CCCC2CCCC21. The van der Waals surface area contributed by atoms with Crippen LogP contribution in [0.25, 0.3) is 0 Å². The average Bonchev–Trinajstić information content (AvgIpc) is 2.34. The van der Waals surface area contributed by atoms with Gasteiger partial charge >= 0.3 is 0 Å². The van der Waals surface area contributed by atoms with Gasteiger partial charge in [0.25, 0.3) is 0 Å². The number of nitrogens with zero attached hydrogens (tertiary/aromatic N) is 1. The summed E-state index contributed by atoms with van der Waals surface area (Å²) in [7, 11) is 4.84. The summed E-state index contributed by atoms with van der Waals surface area (Å²) in [5, 5.41) is 0. The van der Waals surface area contributed by atoms with Crippen LogP contribution in [0.3, 0.4) is 0 Å². The van der Waals surface area contributed by atoms with Gasteiger partial charge in [0.05, 0.1) is 26.7 Å². The van der Waals surface area contributed by atoms with Gasteiger partial charge in [0.15, 0.2) is 0 Å². The molecule has 1 nitrogen and oxygen atoms in total. The quantitative estimate of drug-likeness (QED) is 0.468. The molecule has 1 saturated carbocycles. The molecule has 1 saturated heterocycles. The number of likely N-dealkylation sites (tertiary alicyclic amines) is 1. The molecule has 0 aromatic heterocycles. The Bertz CT molecular complexity index is 151. The summed E-state index contributed by atoms with van der Waals surface area (Å²) in [6.45, 7) is 1.42. The van der Waals surface area contributed by atoms with Crippen molar-refractivity contribution in [3.63, 3.8) is 0 Å². The molecule has 0 aromatic rings. The van der Waals surface area contributed by atoms with Crippen LogP contribution in [0, 0.1) is 5.92 Å². The predicted octanol–water partition coefficient (Wildman–Crippen LogP) is 2.03. The van der Waals surface area contributed by atoms with E-state index in [2.05, 4.69) is 14.1 Å². The van der Waals surface area contributed by atoms with E-state index in [9.17, 15) is 0 Å². The molecule has 1 aliphatic heterocycles. The van der Waals surface area contributed by atoms with E-state index in [4.69, 9.17) is 0 Å². The summed E-state index contributed by atoms with van der Waals surface area (Å²) < 4.78 is 1.31. The zero-order valence-corrected chi connectivity index (χ0v) is 7.84. The summed E-state index contributed by atoms with van der Waals surface area (Å²) >= 11 is 0. The second-order valence-corrected chi connectivity index (χ2v) is 4.90. The van der Waals surface area contributed by atoms with E-state index in [0.717, 1.165) is 12.0 Å². The predicted molar refractivity (Wildman–Crippen MR) is 47.3 cm³/mol. The first kappa shape index (κ1) is 7.60. The Morgan fingerprint density at radius 2 is 1.73 bits per heavy atom. The van der Waals surface area contributed by atoms with Crippen LogP contribution in [0.15, 0.2) is 0 Å². The van der Waals surface area contributed by atoms with Crippen LogP contribution >= 0.6 is 0 Å². The molecular weight excluding hydrogens is 134 g/mol. The van der Waals surface area contributed by atoms with Gasteiger partial charge in [-0.25, -0.2) is 0 Å². The number of hydrogen-bond donors (Lipinski definition) is 0. The van der Waals surface area contributed by atoms with Crippen molar-refractivity contribution in [2.75, 3.05) is 20.6 Å². The number of hydrogen-bond acceptors (Lipinski definition) is 0. The van der Waals surface area contributed by atoms with Crippen molar-refractivity contribution in [1.82, 2.24) is 0 Å². The van der Waals surface area contributed by atoms with Gasteiger partial charge in [0.1, 0.15) is 0 Å². The molecule has 0 aromatic carbocycles. The van der Waals surface area contributed by atoms with E-state index in [1.54, 1.807) is 0 Å². The smallest absolute Gasteiger partial charge is 0.0914 e. The zero-order valence-electron chi connectivity index (χ0n) is 7.84. The van der Waals surface area contributed by atoms with Gasteiger partial charge in [-0.3, -0.25) is 0 Å². The van der Waals surface area contributed by atoms with Crippen molar-refractivity contribution < 1.29 is 4.48 Å². The van der Waals surface area contributed by atoms with E-state index in [0.29, 0.717) is 0 Å². The lowest BCUT2D eigenvalue weighted by Gasteiger charge is -2.43. The lowest BCUT2D eigenvalue weighted by atomic mass is 9.91. The molecule has 2 fully saturated rings. The van der Waals surface area contributed by atoms with Gasteiger partial charge < -0.3 is 4.48 Å². The first-order valence-corrected chi connectivity index (χ1v) is 5.03. The third-order valence-corrected chi connectivity index (χ3v) is 3.83. The van der Waals surface area contributed by atoms with Crippen molar-refractivity contribution in [3.8, 4) is 0 Å². The molecule has 2 atom stereocenters. The van der Waals surface area contributed by atoms with Crippen molar-refractivity contribution in [3.05, 3.63) is 0 Å². The highest BCUT2D eigenvalue weighted by Crippen LogP contribution is 2.38. The molecule has 0 bridgehead atoms. The number of quaternary nitrogens is 1. The van der Waals surface area contributed by atoms with E-state index in [1.807, 2.05) is 0 Å². The average molecular weight is 154 g/mol. The molecular formula is C10H20N+. The minimum absolute atomic E-state index is 1.02. The molecule has 11 heavy (non-hydrogen) atoms. The monoisotopic (exact) mass is 154 g/mol. The Balaban J connectivity index is 2.13. The topological polar surface area (TPSA) is 0 Å². The third kappa shape index (κ3) is 1.20. The number of rotatable bonds is 0. The van der Waals surface area contributed by atoms with Crippen LogP contribution in [-0.4, -0.2) is 31.2 Å². The normalized spacial score (nSPS) is 42.0. The van der Waals surface area contributed by atoms with Gasteiger partial charge in [-0.1, -0.05) is 0 Å². The van der Waals surface area contributed by atoms with Crippen molar-refractivity contribution in [2.45, 2.75) is 38.1 Å². The van der Waals surface area contributed by atoms with Crippen LogP contribution in [-0.2, 0) is 0 Å². The molecule has 1 heteroatoms. The highest BCUT2D eigenvalue weighted by molar-refractivity contribution is 4.81. The molecule has 2 aliphatic rings. The van der Waals surface area contributed by atoms with Gasteiger partial charge in [-0.15, -0.1) is 0 Å². The summed E-state index contributed by atoms with van der Waals surface area (Å²) in [4.78, 5) is 0. The van der Waals surface area contributed by atoms with Crippen LogP contribution in [0.2, 0.25) is 0 Å². The van der Waals surface area contributed by atoms with Gasteiger partial charge in [0, 0.05) is 5.92 Å². The van der Waals surface area contributed by atoms with E-state index in [1.165, 1.54) is 43.1 Å². The Labute approximate surface area is 70.0 Å². The van der Waals surface area contributed by atoms with E-state index in [-0.39, 0.29) is 0 Å². The third-order valence-electron chi connectivity index (χ3n) is 3.83. The Hall–Kier alpha value is -0.0400. The highest BCUT2D eigenvalue weighted by atomic mass is 15.3. The minimum atomic E-state index is 1.02. The Kier molecular flexibility index (Phi) is 1.71. The number of fused-ring (bicyclic) bond motifs is 1. The van der Waals surface area contributed by atoms with Crippen molar-refractivity contribution in [2.24, 2.45) is 5.92 Å². The molecule has 64 valence electrons. The molecule has 0 amide bonds. The zero-order chi connectivity index (χ0) is 7.90. The van der Waals surface area contributed by atoms with Crippen LogP contribution in [0.5, 0.6) is 0 Å². The highest BCUT2D eigenvalue weighted by Gasteiger charge is 2.41. The fourth-order valence-electron chi connectivity index (χ4n) is 3.20. The number of piperidine rings is 1. The molecule has 0 N–H and O–H groups in total. The lowest BCUT2D eigenvalue weighted by molar-refractivity contribution is -0.922. The van der Waals surface area contributed by atoms with E-state index >= 15 is 0 Å². The minimum Gasteiger partial charge on any atom is -0.326 e. The first-order chi connectivity index (χ1) is 5.20. The Morgan fingerprint density at radius 1 is 1.00 bits per heavy atom. The maximum Gasteiger partial charge on any atom is 0.0914 e. The first-order valence-electron chi connectivity index (χ1n) is 5.03. The molecule has 1 heterocycles. The van der Waals surface area contributed by atoms with Gasteiger partial charge in [0.2, 0.25) is 0 Å². The van der Waals surface area contributed by atoms with E-state index < -0.39 is 0 Å². The molecule has 2 unspecified atom stereocenters. The van der Waals surface area contributed by atoms with Gasteiger partial charge in [-0.05, 0) is 32.1 Å². The second kappa shape index (κ2) is 2.48. The summed E-state index contributed by atoms with van der Waals surface area (Å²) in [5.74, 6) is 1.08. The lowest BCUT2D eigenvalue weighted by Crippen LogP contribution is -2.53. The fourth-order valence-corrected chi connectivity index (χ4v) is 3.20. The largest absolute Gasteiger partial charge is 0.326 e. The summed E-state index contributed by atoms with van der Waals surface area (Å²) in [5.41, 5.74) is 0. The maximum atomic E-state index is 2.42. The molecule has 0 spiro atoms. The summed E-state index contributed by atoms with van der Waals surface area (Å²) in [6, 6.07) is 1.02. The standard InChI is InChI=1S/C10H20N/c1-11(2)8-4-6-9-5-3-7-10(9)11/h9-10H,3-8H2,1-2H3/q+1. The second-order valence-electron chi connectivity index (χ2n) is 4.90. The maximum absolute atomic E-state index is 2.42. The summed E-state index contributed by atoms with van der Waals surface area (Å²) in [6.07, 6.45) is 7.50. The van der Waals surface area contributed by atoms with Crippen molar-refractivity contribution >= 4 is 0 Å². The molecule has 2 rings (SSSR count). The van der Waals surface area contributed by atoms with Crippen LogP contribution < -0.4 is 0 Å². The van der Waals surface area contributed by atoms with Gasteiger partial charge in [-0.2, -0.15) is 0 Å². The van der Waals surface area contributed by atoms with Crippen LogP contribution in [0.1, 0.15) is 32.1 Å². The van der Waals surface area contributed by atoms with Crippen molar-refractivity contribution in [1.29, 1.82) is 0 Å². The fraction of sp³-hybridized carbons (Fsp3) is 1.00. The molecule has 1 aliphatic carbocycles. The van der Waals surface area contributed by atoms with Crippen LogP contribution in [0.4, 0.5) is 0 Å². The molecule has 0 radical (unpaired) electrons. The Morgan fingerprint density at radius 3 is 2.45 bits per heavy atom.